The molecule has 0 aliphatic carbocycles. The van der Waals surface area contributed by atoms with Crippen LogP contribution in [0.25, 0.3) is 0 Å². The van der Waals surface area contributed by atoms with Crippen molar-refractivity contribution in [1.82, 2.24) is 0 Å². The molecule has 0 amide bonds. The standard InChI is InChI=1S/C16H16F3NO/c1-11-6-12(2)8-14(7-11)20-10-13-4-3-5-15(9-13)21-16(17,18)19/h3-9,20H,10H2,1-2H3. The second-order valence-electron chi connectivity index (χ2n) is 4.93. The van der Waals surface area contributed by atoms with Crippen LogP contribution in [0.2, 0.25) is 0 Å². The summed E-state index contributed by atoms with van der Waals surface area (Å²) in [6.45, 7) is 4.42. The summed E-state index contributed by atoms with van der Waals surface area (Å²) < 4.78 is 40.4. The van der Waals surface area contributed by atoms with Gasteiger partial charge in [0.25, 0.3) is 0 Å². The maximum atomic E-state index is 12.2. The zero-order valence-electron chi connectivity index (χ0n) is 11.8. The van der Waals surface area contributed by atoms with Crippen LogP contribution in [0, 0.1) is 13.8 Å². The minimum atomic E-state index is -4.67. The molecule has 0 aliphatic rings. The molecule has 0 saturated carbocycles. The molecule has 0 spiro atoms. The first-order valence-electron chi connectivity index (χ1n) is 6.49. The van der Waals surface area contributed by atoms with Crippen molar-refractivity contribution in [3.05, 3.63) is 59.2 Å². The number of hydrogen-bond acceptors (Lipinski definition) is 2. The van der Waals surface area contributed by atoms with Crippen LogP contribution in [0.1, 0.15) is 16.7 Å². The van der Waals surface area contributed by atoms with E-state index >= 15 is 0 Å². The molecule has 0 aromatic heterocycles. The first kappa shape index (κ1) is 15.2. The Hall–Kier alpha value is -2.17. The Labute approximate surface area is 121 Å². The van der Waals surface area contributed by atoms with Gasteiger partial charge in [0.1, 0.15) is 5.75 Å². The minimum Gasteiger partial charge on any atom is -0.406 e. The van der Waals surface area contributed by atoms with Gasteiger partial charge in [-0.05, 0) is 54.8 Å². The average Bonchev–Trinajstić information content (AvgIpc) is 2.33. The van der Waals surface area contributed by atoms with E-state index in [1.54, 1.807) is 12.1 Å². The third kappa shape index (κ3) is 5.02. The fourth-order valence-electron chi connectivity index (χ4n) is 2.13. The molecule has 0 radical (unpaired) electrons. The zero-order valence-corrected chi connectivity index (χ0v) is 11.8. The Bertz CT molecular complexity index is 603. The second kappa shape index (κ2) is 6.08. The summed E-state index contributed by atoms with van der Waals surface area (Å²) in [5, 5.41) is 3.20. The fraction of sp³-hybridized carbons (Fsp3) is 0.250. The third-order valence-corrected chi connectivity index (χ3v) is 2.85. The highest BCUT2D eigenvalue weighted by atomic mass is 19.4. The van der Waals surface area contributed by atoms with Crippen LogP contribution in [0.5, 0.6) is 5.75 Å². The molecule has 0 saturated heterocycles. The SMILES string of the molecule is Cc1cc(C)cc(NCc2cccc(OC(F)(F)F)c2)c1. The van der Waals surface area contributed by atoms with Crippen LogP contribution >= 0.6 is 0 Å². The van der Waals surface area contributed by atoms with Crippen molar-refractivity contribution in [2.45, 2.75) is 26.8 Å². The number of ether oxygens (including phenoxy) is 1. The summed E-state index contributed by atoms with van der Waals surface area (Å²) >= 11 is 0. The number of hydrogen-bond donors (Lipinski definition) is 1. The van der Waals surface area contributed by atoms with E-state index in [4.69, 9.17) is 0 Å². The molecule has 0 bridgehead atoms. The quantitative estimate of drug-likeness (QED) is 0.873. The summed E-state index contributed by atoms with van der Waals surface area (Å²) in [6.07, 6.45) is -4.67. The number of rotatable bonds is 4. The van der Waals surface area contributed by atoms with Gasteiger partial charge in [-0.1, -0.05) is 18.2 Å². The third-order valence-electron chi connectivity index (χ3n) is 2.85. The molecule has 21 heavy (non-hydrogen) atoms. The first-order chi connectivity index (χ1) is 9.82. The molecule has 0 atom stereocenters. The van der Waals surface area contributed by atoms with Gasteiger partial charge in [-0.15, -0.1) is 13.2 Å². The number of anilines is 1. The number of alkyl halides is 3. The topological polar surface area (TPSA) is 21.3 Å². The molecular weight excluding hydrogens is 279 g/mol. The molecule has 112 valence electrons. The fourth-order valence-corrected chi connectivity index (χ4v) is 2.13. The highest BCUT2D eigenvalue weighted by molar-refractivity contribution is 5.49. The highest BCUT2D eigenvalue weighted by Crippen LogP contribution is 2.23. The van der Waals surface area contributed by atoms with E-state index in [1.807, 2.05) is 26.0 Å². The van der Waals surface area contributed by atoms with Gasteiger partial charge in [0.2, 0.25) is 0 Å². The van der Waals surface area contributed by atoms with E-state index in [1.165, 1.54) is 12.1 Å². The van der Waals surface area contributed by atoms with E-state index in [9.17, 15) is 13.2 Å². The van der Waals surface area contributed by atoms with Crippen LogP contribution in [0.3, 0.4) is 0 Å². The van der Waals surface area contributed by atoms with Crippen molar-refractivity contribution in [3.8, 4) is 5.75 Å². The molecule has 2 nitrogen and oxygen atoms in total. The Kier molecular flexibility index (Phi) is 4.40. The summed E-state index contributed by atoms with van der Waals surface area (Å²) in [7, 11) is 0. The number of benzene rings is 2. The Balaban J connectivity index is 2.04. The summed E-state index contributed by atoms with van der Waals surface area (Å²) in [4.78, 5) is 0. The monoisotopic (exact) mass is 295 g/mol. The summed E-state index contributed by atoms with van der Waals surface area (Å²) in [6, 6.07) is 12.0. The lowest BCUT2D eigenvalue weighted by molar-refractivity contribution is -0.274. The van der Waals surface area contributed by atoms with Gasteiger partial charge in [-0.2, -0.15) is 0 Å². The van der Waals surface area contributed by atoms with Crippen molar-refractivity contribution in [3.63, 3.8) is 0 Å². The van der Waals surface area contributed by atoms with Crippen LogP contribution in [0.15, 0.2) is 42.5 Å². The lowest BCUT2D eigenvalue weighted by atomic mass is 10.1. The van der Waals surface area contributed by atoms with Gasteiger partial charge in [-0.25, -0.2) is 0 Å². The van der Waals surface area contributed by atoms with Gasteiger partial charge in [-0.3, -0.25) is 0 Å². The molecule has 0 aliphatic heterocycles. The van der Waals surface area contributed by atoms with Crippen LogP contribution in [0.4, 0.5) is 18.9 Å². The number of aryl methyl sites for hydroxylation is 2. The van der Waals surface area contributed by atoms with Gasteiger partial charge in [0.05, 0.1) is 0 Å². The minimum absolute atomic E-state index is 0.206. The Morgan fingerprint density at radius 2 is 1.67 bits per heavy atom. The smallest absolute Gasteiger partial charge is 0.406 e. The van der Waals surface area contributed by atoms with Crippen molar-refractivity contribution in [2.24, 2.45) is 0 Å². The molecule has 5 heteroatoms. The highest BCUT2D eigenvalue weighted by Gasteiger charge is 2.31. The number of nitrogens with one attached hydrogen (secondary N) is 1. The van der Waals surface area contributed by atoms with Gasteiger partial charge < -0.3 is 10.1 Å². The van der Waals surface area contributed by atoms with E-state index in [2.05, 4.69) is 16.1 Å². The largest absolute Gasteiger partial charge is 0.573 e. The second-order valence-corrected chi connectivity index (χ2v) is 4.93. The van der Waals surface area contributed by atoms with E-state index in [0.717, 1.165) is 22.4 Å². The Morgan fingerprint density at radius 1 is 1.00 bits per heavy atom. The lowest BCUT2D eigenvalue weighted by Crippen LogP contribution is -2.17. The predicted octanol–water partition coefficient (Wildman–Crippen LogP) is 4.81. The summed E-state index contributed by atoms with van der Waals surface area (Å²) in [5.41, 5.74) is 3.92. The van der Waals surface area contributed by atoms with Crippen LogP contribution in [-0.2, 0) is 6.54 Å². The zero-order chi connectivity index (χ0) is 15.5. The van der Waals surface area contributed by atoms with E-state index in [0.29, 0.717) is 6.54 Å². The van der Waals surface area contributed by atoms with Gasteiger partial charge >= 0.3 is 6.36 Å². The summed E-state index contributed by atoms with van der Waals surface area (Å²) in [5.74, 6) is -0.206. The molecule has 0 unspecified atom stereocenters. The normalized spacial score (nSPS) is 11.3. The molecule has 0 heterocycles. The molecule has 0 fully saturated rings. The molecule has 2 aromatic carbocycles. The average molecular weight is 295 g/mol. The molecular formula is C16H16F3NO. The van der Waals surface area contributed by atoms with Crippen molar-refractivity contribution in [1.29, 1.82) is 0 Å². The maximum Gasteiger partial charge on any atom is 0.573 e. The molecule has 2 rings (SSSR count). The molecule has 1 N–H and O–H groups in total. The van der Waals surface area contributed by atoms with Crippen LogP contribution < -0.4 is 10.1 Å². The van der Waals surface area contributed by atoms with Crippen molar-refractivity contribution in [2.75, 3.05) is 5.32 Å². The van der Waals surface area contributed by atoms with E-state index < -0.39 is 6.36 Å². The van der Waals surface area contributed by atoms with Crippen molar-refractivity contribution >= 4 is 5.69 Å². The van der Waals surface area contributed by atoms with Crippen molar-refractivity contribution < 1.29 is 17.9 Å². The first-order valence-corrected chi connectivity index (χ1v) is 6.49. The van der Waals surface area contributed by atoms with Gasteiger partial charge in [0.15, 0.2) is 0 Å². The van der Waals surface area contributed by atoms with Crippen LogP contribution in [-0.4, -0.2) is 6.36 Å². The Morgan fingerprint density at radius 3 is 2.29 bits per heavy atom. The molecule has 2 aromatic rings. The number of halogens is 3. The van der Waals surface area contributed by atoms with Gasteiger partial charge in [0, 0.05) is 12.2 Å². The lowest BCUT2D eigenvalue weighted by Gasteiger charge is -2.11. The maximum absolute atomic E-state index is 12.2. The van der Waals surface area contributed by atoms with E-state index in [-0.39, 0.29) is 5.75 Å². The predicted molar refractivity (Wildman–Crippen MR) is 76.4 cm³/mol.